The van der Waals surface area contributed by atoms with Gasteiger partial charge in [-0.05, 0) is 56.6 Å². The number of nitrogens with two attached hydrogens (primary N) is 1. The third-order valence-corrected chi connectivity index (χ3v) is 5.85. The summed E-state index contributed by atoms with van der Waals surface area (Å²) in [5.41, 5.74) is 8.16. The molecule has 4 rings (SSSR count). The number of hydrogen-bond acceptors (Lipinski definition) is 3. The summed E-state index contributed by atoms with van der Waals surface area (Å²) in [5, 5.41) is 3.33. The topological polar surface area (TPSA) is 72.9 Å². The van der Waals surface area contributed by atoms with Gasteiger partial charge in [0.05, 0.1) is 11.0 Å². The molecule has 2 unspecified atom stereocenters. The molecular weight excluding hydrogens is 300 g/mol. The van der Waals surface area contributed by atoms with Gasteiger partial charge in [0.2, 0.25) is 5.91 Å². The summed E-state index contributed by atoms with van der Waals surface area (Å²) in [6, 6.07) is 8.60. The molecule has 0 saturated heterocycles. The molecule has 2 aliphatic carbocycles. The largest absolute Gasteiger partial charge is 0.351 e. The summed E-state index contributed by atoms with van der Waals surface area (Å²) in [4.78, 5) is 17.2. The fraction of sp³-hybridized carbons (Fsp3) is 0.579. The van der Waals surface area contributed by atoms with E-state index in [2.05, 4.69) is 10.3 Å². The second-order valence-corrected chi connectivity index (χ2v) is 7.51. The number of imidazole rings is 1. The van der Waals surface area contributed by atoms with Crippen molar-refractivity contribution < 1.29 is 4.79 Å². The first-order chi connectivity index (χ1) is 11.6. The molecule has 1 heterocycles. The molecule has 5 heteroatoms. The average Bonchev–Trinajstić information content (AvgIpc) is 2.84. The molecule has 0 spiro atoms. The Kier molecular flexibility index (Phi) is 4.04. The summed E-state index contributed by atoms with van der Waals surface area (Å²) in [7, 11) is 0. The number of fused-ring (bicyclic) bond motifs is 3. The van der Waals surface area contributed by atoms with Crippen LogP contribution in [-0.4, -0.2) is 27.5 Å². The average molecular weight is 326 g/mol. The third kappa shape index (κ3) is 2.81. The number of rotatable bonds is 3. The summed E-state index contributed by atoms with van der Waals surface area (Å²) in [6.45, 7) is 2.30. The van der Waals surface area contributed by atoms with Crippen LogP contribution in [0.2, 0.25) is 0 Å². The van der Waals surface area contributed by atoms with Crippen LogP contribution in [0.15, 0.2) is 24.3 Å². The fourth-order valence-electron chi connectivity index (χ4n) is 4.80. The highest BCUT2D eigenvalue weighted by atomic mass is 16.2. The zero-order valence-corrected chi connectivity index (χ0v) is 14.2. The maximum atomic E-state index is 12.7. The first-order valence-corrected chi connectivity index (χ1v) is 9.08. The van der Waals surface area contributed by atoms with E-state index in [-0.39, 0.29) is 5.91 Å². The number of nitrogens with zero attached hydrogens (tertiary/aromatic N) is 2. The Labute approximate surface area is 142 Å². The number of hydrogen-bond donors (Lipinski definition) is 2. The van der Waals surface area contributed by atoms with Crippen LogP contribution in [-0.2, 0) is 11.3 Å². The maximum Gasteiger partial charge on any atom is 0.240 e. The Bertz CT molecular complexity index is 739. The maximum absolute atomic E-state index is 12.7. The van der Waals surface area contributed by atoms with Crippen molar-refractivity contribution in [3.63, 3.8) is 0 Å². The van der Waals surface area contributed by atoms with Gasteiger partial charge in [0, 0.05) is 12.1 Å². The molecule has 2 atom stereocenters. The molecule has 128 valence electrons. The lowest BCUT2D eigenvalue weighted by Crippen LogP contribution is -2.54. The second-order valence-electron chi connectivity index (χ2n) is 7.51. The molecule has 2 aliphatic rings. The molecule has 2 saturated carbocycles. The van der Waals surface area contributed by atoms with Crippen molar-refractivity contribution >= 4 is 16.9 Å². The first kappa shape index (κ1) is 15.6. The Morgan fingerprint density at radius 1 is 1.29 bits per heavy atom. The van der Waals surface area contributed by atoms with E-state index in [4.69, 9.17) is 5.73 Å². The molecule has 5 nitrogen and oxygen atoms in total. The highest BCUT2D eigenvalue weighted by Gasteiger charge is 2.39. The summed E-state index contributed by atoms with van der Waals surface area (Å²) in [6.07, 6.45) is 5.77. The lowest BCUT2D eigenvalue weighted by molar-refractivity contribution is -0.124. The van der Waals surface area contributed by atoms with Crippen molar-refractivity contribution in [3.8, 4) is 0 Å². The van der Waals surface area contributed by atoms with Gasteiger partial charge in [0.1, 0.15) is 12.4 Å². The van der Waals surface area contributed by atoms with E-state index in [1.54, 1.807) is 0 Å². The molecule has 2 aromatic rings. The van der Waals surface area contributed by atoms with Gasteiger partial charge in [0.25, 0.3) is 0 Å². The number of carbonyl (C=O) groups excluding carboxylic acids is 1. The monoisotopic (exact) mass is 326 g/mol. The number of nitrogens with one attached hydrogen (secondary N) is 1. The molecule has 1 aromatic carbocycles. The molecule has 3 N–H and O–H groups in total. The summed E-state index contributed by atoms with van der Waals surface area (Å²) in [5.74, 6) is 2.09. The van der Waals surface area contributed by atoms with E-state index < -0.39 is 0 Å². The zero-order chi connectivity index (χ0) is 16.7. The second kappa shape index (κ2) is 6.20. The molecular formula is C19H26N4O. The highest BCUT2D eigenvalue weighted by Crippen LogP contribution is 2.39. The Balaban J connectivity index is 1.49. The first-order valence-electron chi connectivity index (χ1n) is 9.08. The quantitative estimate of drug-likeness (QED) is 0.909. The fourth-order valence-corrected chi connectivity index (χ4v) is 4.80. The van der Waals surface area contributed by atoms with Gasteiger partial charge in [-0.25, -0.2) is 4.98 Å². The minimum absolute atomic E-state index is 0.0959. The van der Waals surface area contributed by atoms with E-state index in [0.29, 0.717) is 30.5 Å². The van der Waals surface area contributed by atoms with Gasteiger partial charge in [-0.3, -0.25) is 4.79 Å². The van der Waals surface area contributed by atoms with Crippen molar-refractivity contribution in [1.29, 1.82) is 0 Å². The minimum Gasteiger partial charge on any atom is -0.351 e. The third-order valence-electron chi connectivity index (χ3n) is 5.85. The van der Waals surface area contributed by atoms with Gasteiger partial charge < -0.3 is 15.6 Å². The molecule has 24 heavy (non-hydrogen) atoms. The van der Waals surface area contributed by atoms with Crippen molar-refractivity contribution in [2.45, 2.75) is 57.7 Å². The van der Waals surface area contributed by atoms with E-state index in [0.717, 1.165) is 29.7 Å². The van der Waals surface area contributed by atoms with Crippen LogP contribution in [0.25, 0.3) is 11.0 Å². The van der Waals surface area contributed by atoms with Crippen LogP contribution in [0.1, 0.15) is 37.9 Å². The minimum atomic E-state index is 0.0959. The van der Waals surface area contributed by atoms with Crippen molar-refractivity contribution in [2.24, 2.45) is 17.6 Å². The predicted octanol–water partition coefficient (Wildman–Crippen LogP) is 2.37. The van der Waals surface area contributed by atoms with E-state index in [1.807, 2.05) is 35.8 Å². The van der Waals surface area contributed by atoms with Crippen LogP contribution >= 0.6 is 0 Å². The van der Waals surface area contributed by atoms with Gasteiger partial charge in [-0.1, -0.05) is 18.6 Å². The van der Waals surface area contributed by atoms with Crippen LogP contribution in [0.5, 0.6) is 0 Å². The smallest absolute Gasteiger partial charge is 0.240 e. The summed E-state index contributed by atoms with van der Waals surface area (Å²) < 4.78 is 2.01. The van der Waals surface area contributed by atoms with Gasteiger partial charge in [-0.2, -0.15) is 0 Å². The van der Waals surface area contributed by atoms with Crippen LogP contribution in [0.3, 0.4) is 0 Å². The van der Waals surface area contributed by atoms with Crippen LogP contribution in [0.4, 0.5) is 0 Å². The zero-order valence-electron chi connectivity index (χ0n) is 14.2. The number of carbonyl (C=O) groups is 1. The molecule has 1 amide bonds. The number of para-hydroxylation sites is 2. The molecule has 2 fully saturated rings. The van der Waals surface area contributed by atoms with Gasteiger partial charge in [0.15, 0.2) is 0 Å². The predicted molar refractivity (Wildman–Crippen MR) is 94.4 cm³/mol. The Morgan fingerprint density at radius 2 is 2.00 bits per heavy atom. The van der Waals surface area contributed by atoms with Gasteiger partial charge >= 0.3 is 0 Å². The number of aryl methyl sites for hydroxylation is 1. The van der Waals surface area contributed by atoms with E-state index in [1.165, 1.54) is 19.3 Å². The lowest BCUT2D eigenvalue weighted by Gasteiger charge is -2.45. The van der Waals surface area contributed by atoms with Crippen molar-refractivity contribution in [3.05, 3.63) is 30.1 Å². The normalized spacial score (nSPS) is 29.6. The van der Waals surface area contributed by atoms with Crippen LogP contribution in [0, 0.1) is 18.8 Å². The van der Waals surface area contributed by atoms with Crippen molar-refractivity contribution in [1.82, 2.24) is 14.9 Å². The molecule has 1 aromatic heterocycles. The molecule has 0 aliphatic heterocycles. The van der Waals surface area contributed by atoms with E-state index in [9.17, 15) is 4.79 Å². The van der Waals surface area contributed by atoms with E-state index >= 15 is 0 Å². The lowest BCUT2D eigenvalue weighted by atomic mass is 9.67. The van der Waals surface area contributed by atoms with Crippen molar-refractivity contribution in [2.75, 3.05) is 0 Å². The Hall–Kier alpha value is -1.88. The highest BCUT2D eigenvalue weighted by molar-refractivity contribution is 5.81. The number of amides is 1. The molecule has 2 bridgehead atoms. The Morgan fingerprint density at radius 3 is 2.75 bits per heavy atom. The van der Waals surface area contributed by atoms with Gasteiger partial charge in [-0.15, -0.1) is 0 Å². The van der Waals surface area contributed by atoms with Crippen LogP contribution < -0.4 is 11.1 Å². The standard InChI is InChI=1S/C19H26N4O/c1-12-21-16-7-2-3-8-17(16)23(12)11-18(24)22-19-13-5-4-6-14(19)10-15(20)9-13/h2-3,7-8,13-15,19H,4-6,9-11,20H2,1H3,(H,22,24). The number of benzene rings is 1. The SMILES string of the molecule is Cc1nc2ccccc2n1CC(=O)NC1C2CCCC1CC(N)C2. The number of aromatic nitrogens is 2. The summed E-state index contributed by atoms with van der Waals surface area (Å²) >= 11 is 0. The molecule has 0 radical (unpaired) electrons.